The Morgan fingerprint density at radius 1 is 1.29 bits per heavy atom. The number of halogens is 1. The lowest BCUT2D eigenvalue weighted by atomic mass is 9.99. The summed E-state index contributed by atoms with van der Waals surface area (Å²) in [5.41, 5.74) is 2.77. The fourth-order valence-corrected chi connectivity index (χ4v) is 5.17. The standard InChI is InChI=1S/C27H31ClN4O3/c1-18-16-31(9-10-32(18)26(34)27(3)8-5-11-35-27)17-22-13-23(28)14-24(19(22)2)30-25(33)21-7-4-6-20(12-21)15-29/h4,6-7,12-14,18H,5,8-11,16-17H2,1-3H3,(H,30,33)/t18-,27+/m0/s1. The molecule has 35 heavy (non-hydrogen) atoms. The van der Waals surface area contributed by atoms with Crippen LogP contribution >= 0.6 is 11.6 Å². The first-order valence-corrected chi connectivity index (χ1v) is 12.4. The van der Waals surface area contributed by atoms with Gasteiger partial charge in [0.25, 0.3) is 11.8 Å². The second-order valence-corrected chi connectivity index (χ2v) is 10.1. The number of nitriles is 1. The number of carbonyl (C=O) groups is 2. The van der Waals surface area contributed by atoms with E-state index in [1.807, 2.05) is 24.8 Å². The third-order valence-electron chi connectivity index (χ3n) is 7.02. The second kappa shape index (κ2) is 10.4. The van der Waals surface area contributed by atoms with E-state index in [1.54, 1.807) is 30.3 Å². The Morgan fingerprint density at radius 2 is 2.09 bits per heavy atom. The van der Waals surface area contributed by atoms with E-state index in [9.17, 15) is 9.59 Å². The van der Waals surface area contributed by atoms with Crippen molar-refractivity contribution in [2.24, 2.45) is 0 Å². The van der Waals surface area contributed by atoms with Crippen LogP contribution in [0.4, 0.5) is 5.69 Å². The maximum Gasteiger partial charge on any atom is 0.255 e. The lowest BCUT2D eigenvalue weighted by Crippen LogP contribution is -2.58. The minimum Gasteiger partial charge on any atom is -0.365 e. The van der Waals surface area contributed by atoms with Crippen molar-refractivity contribution in [3.8, 4) is 6.07 Å². The Balaban J connectivity index is 1.44. The molecule has 0 spiro atoms. The van der Waals surface area contributed by atoms with Crippen molar-refractivity contribution in [3.05, 3.63) is 63.7 Å². The first kappa shape index (κ1) is 25.2. The number of ether oxygens (including phenoxy) is 1. The Bertz CT molecular complexity index is 1170. The number of amides is 2. The molecule has 2 saturated heterocycles. The highest BCUT2D eigenvalue weighted by atomic mass is 35.5. The fourth-order valence-electron chi connectivity index (χ4n) is 4.92. The molecule has 0 aromatic heterocycles. The normalized spacial score (nSPS) is 22.6. The smallest absolute Gasteiger partial charge is 0.255 e. The molecule has 7 nitrogen and oxygen atoms in total. The van der Waals surface area contributed by atoms with Gasteiger partial charge in [0.1, 0.15) is 5.60 Å². The van der Waals surface area contributed by atoms with Crippen molar-refractivity contribution in [1.29, 1.82) is 5.26 Å². The number of piperazine rings is 1. The number of nitrogens with one attached hydrogen (secondary N) is 1. The second-order valence-electron chi connectivity index (χ2n) is 9.65. The lowest BCUT2D eigenvalue weighted by Gasteiger charge is -2.42. The van der Waals surface area contributed by atoms with Crippen molar-refractivity contribution in [2.75, 3.05) is 31.6 Å². The van der Waals surface area contributed by atoms with Gasteiger partial charge in [-0.2, -0.15) is 5.26 Å². The van der Waals surface area contributed by atoms with Gasteiger partial charge < -0.3 is 15.0 Å². The highest BCUT2D eigenvalue weighted by molar-refractivity contribution is 6.31. The van der Waals surface area contributed by atoms with Gasteiger partial charge >= 0.3 is 0 Å². The first-order valence-electron chi connectivity index (χ1n) is 12.0. The van der Waals surface area contributed by atoms with Gasteiger partial charge in [-0.25, -0.2) is 0 Å². The summed E-state index contributed by atoms with van der Waals surface area (Å²) >= 11 is 6.42. The molecule has 0 saturated carbocycles. The summed E-state index contributed by atoms with van der Waals surface area (Å²) < 4.78 is 5.78. The Morgan fingerprint density at radius 3 is 2.77 bits per heavy atom. The average Bonchev–Trinajstić information content (AvgIpc) is 3.29. The zero-order valence-electron chi connectivity index (χ0n) is 20.4. The third kappa shape index (κ3) is 5.51. The van der Waals surface area contributed by atoms with E-state index < -0.39 is 5.60 Å². The van der Waals surface area contributed by atoms with Gasteiger partial charge in [-0.15, -0.1) is 0 Å². The summed E-state index contributed by atoms with van der Waals surface area (Å²) in [5.74, 6) is -0.201. The van der Waals surface area contributed by atoms with Crippen molar-refractivity contribution >= 4 is 29.1 Å². The molecule has 2 aliphatic rings. The molecule has 2 aliphatic heterocycles. The van der Waals surface area contributed by atoms with E-state index in [1.165, 1.54) is 0 Å². The van der Waals surface area contributed by atoms with Gasteiger partial charge in [0, 0.05) is 55.1 Å². The quantitative estimate of drug-likeness (QED) is 0.667. The summed E-state index contributed by atoms with van der Waals surface area (Å²) in [6.07, 6.45) is 1.70. The predicted molar refractivity (Wildman–Crippen MR) is 135 cm³/mol. The van der Waals surface area contributed by atoms with Crippen LogP contribution in [0.5, 0.6) is 0 Å². The molecule has 2 amide bonds. The zero-order chi connectivity index (χ0) is 25.2. The van der Waals surface area contributed by atoms with E-state index in [-0.39, 0.29) is 17.9 Å². The van der Waals surface area contributed by atoms with Crippen LogP contribution in [-0.2, 0) is 16.1 Å². The molecule has 2 fully saturated rings. The summed E-state index contributed by atoms with van der Waals surface area (Å²) in [7, 11) is 0. The number of anilines is 1. The van der Waals surface area contributed by atoms with Crippen molar-refractivity contribution < 1.29 is 14.3 Å². The van der Waals surface area contributed by atoms with Gasteiger partial charge in [-0.05, 0) is 75.1 Å². The Kier molecular flexibility index (Phi) is 7.46. The molecule has 4 rings (SSSR count). The van der Waals surface area contributed by atoms with Gasteiger partial charge in [0.15, 0.2) is 0 Å². The van der Waals surface area contributed by atoms with Gasteiger partial charge in [0.2, 0.25) is 0 Å². The molecular formula is C27H31ClN4O3. The molecule has 2 heterocycles. The Labute approximate surface area is 211 Å². The number of hydrogen-bond donors (Lipinski definition) is 1. The van der Waals surface area contributed by atoms with E-state index in [4.69, 9.17) is 21.6 Å². The highest BCUT2D eigenvalue weighted by Crippen LogP contribution is 2.30. The maximum absolute atomic E-state index is 13.1. The lowest BCUT2D eigenvalue weighted by molar-refractivity contribution is -0.155. The van der Waals surface area contributed by atoms with E-state index >= 15 is 0 Å². The first-order chi connectivity index (χ1) is 16.7. The SMILES string of the molecule is Cc1c(CN2CCN(C(=O)[C@@]3(C)CCCO3)[C@@H](C)C2)cc(Cl)cc1NC(=O)c1cccc(C#N)c1. The number of nitrogens with zero attached hydrogens (tertiary/aromatic N) is 3. The van der Waals surface area contributed by atoms with Gasteiger partial charge in [-0.1, -0.05) is 17.7 Å². The molecule has 1 N–H and O–H groups in total. The average molecular weight is 495 g/mol. The topological polar surface area (TPSA) is 85.7 Å². The van der Waals surface area contributed by atoms with Crippen LogP contribution in [0.2, 0.25) is 5.02 Å². The summed E-state index contributed by atoms with van der Waals surface area (Å²) in [6, 6.07) is 12.4. The minimum absolute atomic E-state index is 0.0725. The van der Waals surface area contributed by atoms with Crippen LogP contribution in [0.1, 0.15) is 53.7 Å². The molecule has 2 atom stereocenters. The third-order valence-corrected chi connectivity index (χ3v) is 7.24. The monoisotopic (exact) mass is 494 g/mol. The van der Waals surface area contributed by atoms with Gasteiger partial charge in [0.05, 0.1) is 11.6 Å². The molecule has 2 aromatic rings. The minimum atomic E-state index is -0.695. The molecule has 0 radical (unpaired) electrons. The van der Waals surface area contributed by atoms with Crippen LogP contribution in [0.3, 0.4) is 0 Å². The van der Waals surface area contributed by atoms with Crippen LogP contribution < -0.4 is 5.32 Å². The maximum atomic E-state index is 13.1. The highest BCUT2D eigenvalue weighted by Gasteiger charge is 2.43. The van der Waals surface area contributed by atoms with Crippen molar-refractivity contribution in [2.45, 2.75) is 51.8 Å². The van der Waals surface area contributed by atoms with Crippen LogP contribution in [0.15, 0.2) is 36.4 Å². The summed E-state index contributed by atoms with van der Waals surface area (Å²) in [4.78, 5) is 30.2. The van der Waals surface area contributed by atoms with E-state index in [0.29, 0.717) is 41.5 Å². The number of benzene rings is 2. The fraction of sp³-hybridized carbons (Fsp3) is 0.444. The molecule has 8 heteroatoms. The summed E-state index contributed by atoms with van der Waals surface area (Å²) in [6.45, 7) is 9.41. The predicted octanol–water partition coefficient (Wildman–Crippen LogP) is 4.37. The molecule has 0 unspecified atom stereocenters. The summed E-state index contributed by atoms with van der Waals surface area (Å²) in [5, 5.41) is 12.6. The van der Waals surface area contributed by atoms with Crippen LogP contribution in [0.25, 0.3) is 0 Å². The zero-order valence-corrected chi connectivity index (χ0v) is 21.2. The Hall–Kier alpha value is -2.92. The molecule has 184 valence electrons. The van der Waals surface area contributed by atoms with Crippen LogP contribution in [-0.4, -0.2) is 59.5 Å². The van der Waals surface area contributed by atoms with Gasteiger partial charge in [-0.3, -0.25) is 14.5 Å². The molecule has 0 aliphatic carbocycles. The van der Waals surface area contributed by atoms with Crippen LogP contribution in [0, 0.1) is 18.3 Å². The number of hydrogen-bond acceptors (Lipinski definition) is 5. The van der Waals surface area contributed by atoms with Crippen molar-refractivity contribution in [1.82, 2.24) is 9.80 Å². The largest absolute Gasteiger partial charge is 0.365 e. The number of carbonyl (C=O) groups excluding carboxylic acids is 2. The number of rotatable bonds is 5. The molecule has 0 bridgehead atoms. The molecular weight excluding hydrogens is 464 g/mol. The van der Waals surface area contributed by atoms with E-state index in [2.05, 4.69) is 23.2 Å². The molecule has 2 aromatic carbocycles. The van der Waals surface area contributed by atoms with E-state index in [0.717, 1.165) is 37.1 Å². The van der Waals surface area contributed by atoms with Crippen molar-refractivity contribution in [3.63, 3.8) is 0 Å².